The second-order valence-corrected chi connectivity index (χ2v) is 15.2. The van der Waals surface area contributed by atoms with Crippen LogP contribution in [0.4, 0.5) is 11.4 Å². The van der Waals surface area contributed by atoms with E-state index in [0.717, 1.165) is 71.1 Å². The lowest BCUT2D eigenvalue weighted by molar-refractivity contribution is 0.122. The molecule has 7 aromatic rings. The maximum Gasteiger partial charge on any atom is 0.178 e. The van der Waals surface area contributed by atoms with Gasteiger partial charge in [0.25, 0.3) is 0 Å². The summed E-state index contributed by atoms with van der Waals surface area (Å²) in [5.41, 5.74) is 11.0. The fraction of sp³-hybridized carbons (Fsp3) is 0.176. The smallest absolute Gasteiger partial charge is 0.178 e. The first-order chi connectivity index (χ1) is 27.5. The highest BCUT2D eigenvalue weighted by molar-refractivity contribution is 6.11. The van der Waals surface area contributed by atoms with Crippen LogP contribution in [0.15, 0.2) is 158 Å². The van der Waals surface area contributed by atoms with Crippen molar-refractivity contribution in [3.05, 3.63) is 197 Å². The van der Waals surface area contributed by atoms with Gasteiger partial charge >= 0.3 is 0 Å². The normalized spacial score (nSPS) is 17.8. The van der Waals surface area contributed by atoms with Crippen molar-refractivity contribution >= 4 is 28.2 Å². The number of morpholine rings is 1. The summed E-state index contributed by atoms with van der Waals surface area (Å²) in [6.07, 6.45) is 4.57. The second kappa shape index (κ2) is 13.5. The molecular weight excluding hydrogens is 689 g/mol. The zero-order chi connectivity index (χ0) is 37.9. The number of fused-ring (bicyclic) bond motifs is 8. The van der Waals surface area contributed by atoms with Crippen LogP contribution in [0.5, 0.6) is 11.5 Å². The van der Waals surface area contributed by atoms with Gasteiger partial charge in [-0.15, -0.1) is 0 Å². The highest BCUT2D eigenvalue weighted by Crippen LogP contribution is 2.64. The lowest BCUT2D eigenvalue weighted by Gasteiger charge is -2.41. The van der Waals surface area contributed by atoms with Crippen molar-refractivity contribution in [2.75, 3.05) is 57.3 Å². The monoisotopic (exact) mass is 732 g/mol. The first-order valence-corrected chi connectivity index (χ1v) is 19.5. The van der Waals surface area contributed by atoms with Crippen molar-refractivity contribution in [2.45, 2.75) is 11.0 Å². The van der Waals surface area contributed by atoms with Gasteiger partial charge in [-0.05, 0) is 75.0 Å². The minimum absolute atomic E-state index is 0.682. The van der Waals surface area contributed by atoms with Crippen LogP contribution in [0, 0.1) is 0 Å². The summed E-state index contributed by atoms with van der Waals surface area (Å²) in [4.78, 5) is 4.54. The number of nitrogens with zero attached hydrogens (tertiary/aromatic N) is 2. The van der Waals surface area contributed by atoms with Gasteiger partial charge in [0.05, 0.1) is 31.4 Å². The molecule has 1 unspecified atom stereocenters. The molecule has 0 N–H and O–H groups in total. The van der Waals surface area contributed by atoms with Crippen LogP contribution in [0.3, 0.4) is 0 Å². The predicted octanol–water partition coefficient (Wildman–Crippen LogP) is 10.5. The van der Waals surface area contributed by atoms with E-state index in [1.165, 1.54) is 38.9 Å². The van der Waals surface area contributed by atoms with Gasteiger partial charge in [-0.1, -0.05) is 127 Å². The first-order valence-electron chi connectivity index (χ1n) is 19.5. The van der Waals surface area contributed by atoms with E-state index in [2.05, 4.69) is 188 Å². The maximum atomic E-state index is 7.94. The number of methoxy groups -OCH3 is 1. The molecule has 56 heavy (non-hydrogen) atoms. The molecule has 1 saturated heterocycles. The van der Waals surface area contributed by atoms with Crippen LogP contribution in [0.25, 0.3) is 28.0 Å². The third-order valence-corrected chi connectivity index (χ3v) is 12.1. The molecule has 0 saturated carbocycles. The molecule has 1 aliphatic carbocycles. The van der Waals surface area contributed by atoms with Crippen LogP contribution < -0.4 is 19.3 Å². The number of hydrogen-bond donors (Lipinski definition) is 0. The van der Waals surface area contributed by atoms with E-state index in [1.54, 1.807) is 7.11 Å². The van der Waals surface area contributed by atoms with Crippen molar-refractivity contribution < 1.29 is 14.2 Å². The Labute approximate surface area is 329 Å². The van der Waals surface area contributed by atoms with E-state index in [0.29, 0.717) is 0 Å². The molecule has 10 rings (SSSR count). The summed E-state index contributed by atoms with van der Waals surface area (Å²) in [7, 11) is 5.92. The minimum atomic E-state index is -0.916. The molecule has 1 atom stereocenters. The molecule has 1 fully saturated rings. The Morgan fingerprint density at radius 2 is 1.23 bits per heavy atom. The SMILES string of the molecule is COc1cc2c3c(c4c(c2cc1N(C)C)-c1ccccc1C4(c1ccccc1)c1ccccc1)OC(c1ccccc1)(c1ccc(N2CCOCC2)cc1)C=C3. The van der Waals surface area contributed by atoms with Gasteiger partial charge in [-0.25, -0.2) is 0 Å². The lowest BCUT2D eigenvalue weighted by atomic mass is 9.66. The lowest BCUT2D eigenvalue weighted by Crippen LogP contribution is -2.37. The van der Waals surface area contributed by atoms with Crippen molar-refractivity contribution in [1.29, 1.82) is 0 Å². The number of hydrogen-bond acceptors (Lipinski definition) is 5. The van der Waals surface area contributed by atoms with Crippen LogP contribution in [0.2, 0.25) is 0 Å². The summed E-state index contributed by atoms with van der Waals surface area (Å²) in [5.74, 6) is 1.69. The van der Waals surface area contributed by atoms with Gasteiger partial charge < -0.3 is 24.0 Å². The van der Waals surface area contributed by atoms with Crippen LogP contribution in [-0.4, -0.2) is 47.5 Å². The van der Waals surface area contributed by atoms with Crippen molar-refractivity contribution in [2.24, 2.45) is 0 Å². The fourth-order valence-corrected chi connectivity index (χ4v) is 9.53. The second-order valence-electron chi connectivity index (χ2n) is 15.2. The van der Waals surface area contributed by atoms with E-state index in [1.807, 2.05) is 0 Å². The number of benzene rings is 7. The minimum Gasteiger partial charge on any atom is -0.495 e. The average molecular weight is 733 g/mol. The molecule has 2 aliphatic heterocycles. The molecule has 0 bridgehead atoms. The Morgan fingerprint density at radius 3 is 1.86 bits per heavy atom. The molecule has 7 aromatic carbocycles. The van der Waals surface area contributed by atoms with Crippen LogP contribution >= 0.6 is 0 Å². The third kappa shape index (κ3) is 5.04. The largest absolute Gasteiger partial charge is 0.495 e. The molecule has 0 aromatic heterocycles. The van der Waals surface area contributed by atoms with E-state index in [-0.39, 0.29) is 0 Å². The molecule has 5 heteroatoms. The van der Waals surface area contributed by atoms with Crippen LogP contribution in [-0.2, 0) is 15.8 Å². The summed E-state index contributed by atoms with van der Waals surface area (Å²) < 4.78 is 19.7. The molecular formula is C51H44N2O3. The number of ether oxygens (including phenoxy) is 3. The molecule has 0 amide bonds. The Bertz CT molecular complexity index is 2560. The Hall–Kier alpha value is -6.30. The van der Waals surface area contributed by atoms with Crippen molar-refractivity contribution in [3.8, 4) is 22.6 Å². The Kier molecular flexibility index (Phi) is 8.23. The van der Waals surface area contributed by atoms with E-state index in [4.69, 9.17) is 14.2 Å². The molecule has 0 radical (unpaired) electrons. The Balaban J connectivity index is 1.33. The Morgan fingerprint density at radius 1 is 0.643 bits per heavy atom. The van der Waals surface area contributed by atoms with E-state index in [9.17, 15) is 0 Å². The third-order valence-electron chi connectivity index (χ3n) is 12.1. The van der Waals surface area contributed by atoms with Gasteiger partial charge in [0, 0.05) is 55.1 Å². The number of rotatable bonds is 7. The van der Waals surface area contributed by atoms with Gasteiger partial charge in [-0.2, -0.15) is 0 Å². The van der Waals surface area contributed by atoms with E-state index < -0.39 is 11.0 Å². The standard InChI is InChI=1S/C51H44N2O3/c1-52(2)45-33-43-42(34-46(45)54-3)40-27-28-50(35-15-7-4-8-16-35,36-23-25-39(26-24-36)53-29-31-55-32-30-53)56-49(40)48-47(43)41-21-13-14-22-44(41)51(48,37-17-9-5-10-18-37)38-19-11-6-12-20-38/h4-28,33-34H,29-32H2,1-3H3. The summed E-state index contributed by atoms with van der Waals surface area (Å²) in [5, 5.41) is 2.26. The highest BCUT2D eigenvalue weighted by Gasteiger charge is 2.51. The first kappa shape index (κ1) is 34.2. The van der Waals surface area contributed by atoms with Crippen molar-refractivity contribution in [1.82, 2.24) is 0 Å². The summed E-state index contributed by atoms with van der Waals surface area (Å²) in [6.45, 7) is 3.25. The fourth-order valence-electron chi connectivity index (χ4n) is 9.53. The zero-order valence-electron chi connectivity index (χ0n) is 32.0. The van der Waals surface area contributed by atoms with Gasteiger partial charge in [0.1, 0.15) is 11.5 Å². The van der Waals surface area contributed by atoms with Gasteiger partial charge in [-0.3, -0.25) is 0 Å². The topological polar surface area (TPSA) is 34.2 Å². The molecule has 0 spiro atoms. The molecule has 3 aliphatic rings. The quantitative estimate of drug-likeness (QED) is 0.163. The predicted molar refractivity (Wildman–Crippen MR) is 228 cm³/mol. The van der Waals surface area contributed by atoms with E-state index >= 15 is 0 Å². The summed E-state index contributed by atoms with van der Waals surface area (Å²) in [6, 6.07) is 55.1. The molecule has 5 nitrogen and oxygen atoms in total. The summed E-state index contributed by atoms with van der Waals surface area (Å²) >= 11 is 0. The van der Waals surface area contributed by atoms with Crippen LogP contribution in [0.1, 0.15) is 38.9 Å². The maximum absolute atomic E-state index is 7.94. The zero-order valence-corrected chi connectivity index (χ0v) is 32.0. The average Bonchev–Trinajstić information content (AvgIpc) is 3.59. The molecule has 2 heterocycles. The highest BCUT2D eigenvalue weighted by atomic mass is 16.5. The van der Waals surface area contributed by atoms with Gasteiger partial charge in [0.2, 0.25) is 0 Å². The van der Waals surface area contributed by atoms with Gasteiger partial charge in [0.15, 0.2) is 5.60 Å². The number of anilines is 2. The molecule has 276 valence electrons. The van der Waals surface area contributed by atoms with Crippen molar-refractivity contribution in [3.63, 3.8) is 0 Å².